The number of thiophene rings is 1. The summed E-state index contributed by atoms with van der Waals surface area (Å²) in [4.78, 5) is 1.26. The second kappa shape index (κ2) is 6.05. The molecule has 2 N–H and O–H groups in total. The van der Waals surface area contributed by atoms with Crippen LogP contribution in [0.2, 0.25) is 4.34 Å². The van der Waals surface area contributed by atoms with Crippen LogP contribution >= 0.6 is 22.9 Å². The molecule has 2 aromatic rings. The van der Waals surface area contributed by atoms with Crippen molar-refractivity contribution in [3.05, 3.63) is 51.2 Å². The highest BCUT2D eigenvalue weighted by Crippen LogP contribution is 2.21. The van der Waals surface area contributed by atoms with Gasteiger partial charge in [0.25, 0.3) is 0 Å². The molecule has 90 valence electrons. The maximum absolute atomic E-state index is 5.88. The lowest BCUT2D eigenvalue weighted by Crippen LogP contribution is -2.11. The van der Waals surface area contributed by atoms with E-state index in [4.69, 9.17) is 11.6 Å². The molecule has 0 saturated carbocycles. The van der Waals surface area contributed by atoms with Crippen molar-refractivity contribution < 1.29 is 0 Å². The summed E-state index contributed by atoms with van der Waals surface area (Å²) < 4.78 is 0.846. The summed E-state index contributed by atoms with van der Waals surface area (Å²) in [5.74, 6) is 0. The molecule has 1 aromatic heterocycles. The van der Waals surface area contributed by atoms with Crippen molar-refractivity contribution >= 4 is 28.6 Å². The molecule has 0 unspecified atom stereocenters. The molecular weight excluding hydrogens is 252 g/mol. The molecule has 0 fully saturated rings. The predicted molar refractivity (Wildman–Crippen MR) is 75.9 cm³/mol. The molecular formula is C13H15ClN2S. The first kappa shape index (κ1) is 12.4. The van der Waals surface area contributed by atoms with Crippen molar-refractivity contribution in [1.82, 2.24) is 5.32 Å². The van der Waals surface area contributed by atoms with Crippen molar-refractivity contribution in [2.75, 3.05) is 12.4 Å². The van der Waals surface area contributed by atoms with E-state index < -0.39 is 0 Å². The summed E-state index contributed by atoms with van der Waals surface area (Å²) >= 11 is 7.50. The third-order valence-corrected chi connectivity index (χ3v) is 3.70. The highest BCUT2D eigenvalue weighted by molar-refractivity contribution is 7.16. The van der Waals surface area contributed by atoms with E-state index in [-0.39, 0.29) is 0 Å². The Labute approximate surface area is 111 Å². The summed E-state index contributed by atoms with van der Waals surface area (Å²) in [7, 11) is 1.93. The number of rotatable bonds is 5. The Hall–Kier alpha value is -1.03. The fraction of sp³-hybridized carbons (Fsp3) is 0.231. The quantitative estimate of drug-likeness (QED) is 0.862. The monoisotopic (exact) mass is 266 g/mol. The summed E-state index contributed by atoms with van der Waals surface area (Å²) in [5, 5.41) is 6.54. The van der Waals surface area contributed by atoms with Crippen LogP contribution in [-0.4, -0.2) is 7.05 Å². The lowest BCUT2D eigenvalue weighted by molar-refractivity contribution is 0.701. The maximum atomic E-state index is 5.88. The van der Waals surface area contributed by atoms with Crippen LogP contribution in [0.4, 0.5) is 5.69 Å². The largest absolute Gasteiger partial charge is 0.388 e. The van der Waals surface area contributed by atoms with Gasteiger partial charge in [-0.25, -0.2) is 0 Å². The van der Waals surface area contributed by atoms with E-state index >= 15 is 0 Å². The van der Waals surface area contributed by atoms with E-state index in [9.17, 15) is 0 Å². The van der Waals surface area contributed by atoms with Crippen molar-refractivity contribution in [1.29, 1.82) is 0 Å². The number of anilines is 1. The molecule has 17 heavy (non-hydrogen) atoms. The smallest absolute Gasteiger partial charge is 0.0931 e. The van der Waals surface area contributed by atoms with E-state index in [1.165, 1.54) is 10.4 Å². The van der Waals surface area contributed by atoms with Crippen LogP contribution in [0, 0.1) is 0 Å². The molecule has 0 spiro atoms. The molecule has 0 radical (unpaired) electrons. The fourth-order valence-electron chi connectivity index (χ4n) is 1.61. The zero-order valence-corrected chi connectivity index (χ0v) is 11.2. The van der Waals surface area contributed by atoms with Crippen LogP contribution in [0.15, 0.2) is 36.4 Å². The molecule has 0 aliphatic rings. The Morgan fingerprint density at radius 1 is 1.18 bits per heavy atom. The SMILES string of the molecule is CNc1cccc(CNCc2ccc(Cl)s2)c1. The lowest BCUT2D eigenvalue weighted by atomic mass is 10.2. The molecule has 1 heterocycles. The standard InChI is InChI=1S/C13H15ClN2S/c1-15-11-4-2-3-10(7-11)8-16-9-12-5-6-13(14)17-12/h2-7,15-16H,8-9H2,1H3. The maximum Gasteiger partial charge on any atom is 0.0931 e. The second-order valence-corrected chi connectivity index (χ2v) is 5.56. The van der Waals surface area contributed by atoms with Crippen LogP contribution < -0.4 is 10.6 Å². The lowest BCUT2D eigenvalue weighted by Gasteiger charge is -2.06. The van der Waals surface area contributed by atoms with E-state index in [0.29, 0.717) is 0 Å². The Morgan fingerprint density at radius 3 is 2.76 bits per heavy atom. The van der Waals surface area contributed by atoms with Gasteiger partial charge in [0, 0.05) is 30.7 Å². The molecule has 0 aliphatic carbocycles. The van der Waals surface area contributed by atoms with Gasteiger partial charge in [-0.2, -0.15) is 0 Å². The van der Waals surface area contributed by atoms with Gasteiger partial charge in [-0.1, -0.05) is 23.7 Å². The van der Waals surface area contributed by atoms with E-state index in [2.05, 4.69) is 41.0 Å². The van der Waals surface area contributed by atoms with E-state index in [0.717, 1.165) is 23.1 Å². The van der Waals surface area contributed by atoms with Gasteiger partial charge in [0.05, 0.1) is 4.34 Å². The van der Waals surface area contributed by atoms with Gasteiger partial charge in [0.2, 0.25) is 0 Å². The minimum absolute atomic E-state index is 0.846. The molecule has 0 atom stereocenters. The van der Waals surface area contributed by atoms with Crippen molar-refractivity contribution in [2.45, 2.75) is 13.1 Å². The minimum Gasteiger partial charge on any atom is -0.388 e. The molecule has 2 rings (SSSR count). The first-order valence-electron chi connectivity index (χ1n) is 5.49. The Bertz CT molecular complexity index is 482. The minimum atomic E-state index is 0.846. The Morgan fingerprint density at radius 2 is 2.06 bits per heavy atom. The zero-order chi connectivity index (χ0) is 12.1. The highest BCUT2D eigenvalue weighted by atomic mass is 35.5. The van der Waals surface area contributed by atoms with Gasteiger partial charge >= 0.3 is 0 Å². The third kappa shape index (κ3) is 3.73. The van der Waals surface area contributed by atoms with Crippen LogP contribution in [-0.2, 0) is 13.1 Å². The number of hydrogen-bond donors (Lipinski definition) is 2. The van der Waals surface area contributed by atoms with Gasteiger partial charge < -0.3 is 10.6 Å². The molecule has 4 heteroatoms. The predicted octanol–water partition coefficient (Wildman–Crippen LogP) is 3.73. The molecule has 2 nitrogen and oxygen atoms in total. The summed E-state index contributed by atoms with van der Waals surface area (Å²) in [6.07, 6.45) is 0. The molecule has 1 aromatic carbocycles. The zero-order valence-electron chi connectivity index (χ0n) is 9.66. The summed E-state index contributed by atoms with van der Waals surface area (Å²) in [6.45, 7) is 1.73. The number of benzene rings is 1. The normalized spacial score (nSPS) is 10.5. The van der Waals surface area contributed by atoms with Gasteiger partial charge in [-0.3, -0.25) is 0 Å². The van der Waals surface area contributed by atoms with Crippen molar-refractivity contribution in [3.63, 3.8) is 0 Å². The molecule has 0 amide bonds. The topological polar surface area (TPSA) is 24.1 Å². The van der Waals surface area contributed by atoms with Crippen LogP contribution in [0.5, 0.6) is 0 Å². The third-order valence-electron chi connectivity index (χ3n) is 2.47. The fourth-order valence-corrected chi connectivity index (χ4v) is 2.67. The first-order valence-corrected chi connectivity index (χ1v) is 6.69. The second-order valence-electron chi connectivity index (χ2n) is 3.76. The first-order chi connectivity index (χ1) is 8.28. The molecule has 0 bridgehead atoms. The number of nitrogens with one attached hydrogen (secondary N) is 2. The Kier molecular flexibility index (Phi) is 4.42. The summed E-state index contributed by atoms with van der Waals surface area (Å²) in [5.41, 5.74) is 2.42. The van der Waals surface area contributed by atoms with Gasteiger partial charge in [0.15, 0.2) is 0 Å². The number of halogens is 1. The molecule has 0 saturated heterocycles. The average molecular weight is 267 g/mol. The van der Waals surface area contributed by atoms with Gasteiger partial charge in [0.1, 0.15) is 0 Å². The number of hydrogen-bond acceptors (Lipinski definition) is 3. The summed E-state index contributed by atoms with van der Waals surface area (Å²) in [6, 6.07) is 12.4. The average Bonchev–Trinajstić information content (AvgIpc) is 2.75. The van der Waals surface area contributed by atoms with E-state index in [1.807, 2.05) is 13.1 Å². The Balaban J connectivity index is 1.85. The van der Waals surface area contributed by atoms with Crippen LogP contribution in [0.1, 0.15) is 10.4 Å². The highest BCUT2D eigenvalue weighted by Gasteiger charge is 1.98. The van der Waals surface area contributed by atoms with Crippen LogP contribution in [0.3, 0.4) is 0 Å². The van der Waals surface area contributed by atoms with Crippen molar-refractivity contribution in [3.8, 4) is 0 Å². The van der Waals surface area contributed by atoms with E-state index in [1.54, 1.807) is 11.3 Å². The van der Waals surface area contributed by atoms with Gasteiger partial charge in [-0.15, -0.1) is 11.3 Å². The van der Waals surface area contributed by atoms with Crippen molar-refractivity contribution in [2.24, 2.45) is 0 Å². The van der Waals surface area contributed by atoms with Crippen LogP contribution in [0.25, 0.3) is 0 Å². The van der Waals surface area contributed by atoms with Gasteiger partial charge in [-0.05, 0) is 29.8 Å². The molecule has 0 aliphatic heterocycles.